The summed E-state index contributed by atoms with van der Waals surface area (Å²) >= 11 is 21.6. The molecule has 150 valence electrons. The molecule has 0 aliphatic carbocycles. The van der Waals surface area contributed by atoms with E-state index < -0.39 is 10.5 Å². The van der Waals surface area contributed by atoms with Gasteiger partial charge in [0, 0.05) is 16.1 Å². The lowest BCUT2D eigenvalue weighted by atomic mass is 10.1. The maximum atomic E-state index is 10.6. The van der Waals surface area contributed by atoms with E-state index in [2.05, 4.69) is 5.43 Å². The average Bonchev–Trinajstić information content (AvgIpc) is 2.55. The number of hydrogen-bond acceptors (Lipinski definition) is 4. The third-order valence-electron chi connectivity index (χ3n) is 2.58. The predicted molar refractivity (Wildman–Crippen MR) is 118 cm³/mol. The third-order valence-corrected chi connectivity index (χ3v) is 3.55. The maximum Gasteiger partial charge on any atom is 0.253 e. The van der Waals surface area contributed by atoms with E-state index >= 15 is 0 Å². The molecule has 0 saturated carbocycles. The quantitative estimate of drug-likeness (QED) is 0.313. The largest absolute Gasteiger partial charge is 0.276 e. The van der Waals surface area contributed by atoms with Crippen LogP contribution in [0.5, 0.6) is 0 Å². The van der Waals surface area contributed by atoms with Gasteiger partial charge in [-0.3, -0.25) is 20.9 Å². The zero-order valence-corrected chi connectivity index (χ0v) is 18.8. The van der Waals surface area contributed by atoms with Crippen LogP contribution in [-0.4, -0.2) is 16.0 Å². The molecule has 2 aromatic carbocycles. The first kappa shape index (κ1) is 28.4. The van der Waals surface area contributed by atoms with Crippen molar-refractivity contribution in [3.8, 4) is 0 Å². The second kappa shape index (κ2) is 14.2. The summed E-state index contributed by atoms with van der Waals surface area (Å²) in [6.07, 6.45) is 0. The van der Waals surface area contributed by atoms with Crippen molar-refractivity contribution < 1.29 is 9.59 Å². The van der Waals surface area contributed by atoms with E-state index in [-0.39, 0.29) is 28.5 Å². The fourth-order valence-corrected chi connectivity index (χ4v) is 2.05. The molecular formula is C18H21Cl5N2O2. The number of halogens is 5. The fourth-order valence-electron chi connectivity index (χ4n) is 1.22. The molecule has 2 aromatic rings. The molecule has 3 N–H and O–H groups in total. The highest BCUT2D eigenvalue weighted by Gasteiger charge is 2.06. The van der Waals surface area contributed by atoms with E-state index in [9.17, 15) is 9.59 Å². The van der Waals surface area contributed by atoms with Gasteiger partial charge >= 0.3 is 0 Å². The van der Waals surface area contributed by atoms with Crippen molar-refractivity contribution in [3.05, 3.63) is 69.7 Å². The van der Waals surface area contributed by atoms with Gasteiger partial charge in [0.05, 0.1) is 10.6 Å². The van der Waals surface area contributed by atoms with Crippen LogP contribution >= 0.6 is 58.8 Å². The Morgan fingerprint density at radius 2 is 1.41 bits per heavy atom. The van der Waals surface area contributed by atoms with Crippen LogP contribution < -0.4 is 11.3 Å². The van der Waals surface area contributed by atoms with E-state index in [1.165, 1.54) is 12.1 Å². The Balaban J connectivity index is 0. The number of rotatable bonds is 2. The summed E-state index contributed by atoms with van der Waals surface area (Å²) in [5.74, 6) is 5.06. The summed E-state index contributed by atoms with van der Waals surface area (Å²) in [7, 11) is 0. The van der Waals surface area contributed by atoms with Gasteiger partial charge in [-0.25, -0.2) is 0 Å². The SMILES string of the molecule is CC(C)(C)NN.Cl.O=C(Cl)c1ccc(Cl)cc1Cl.O=C(Cl)c1ccccc1. The number of nitrogens with two attached hydrogens (primary N) is 1. The van der Waals surface area contributed by atoms with Crippen LogP contribution in [0, 0.1) is 0 Å². The van der Waals surface area contributed by atoms with Gasteiger partial charge in [0.25, 0.3) is 10.5 Å². The molecule has 27 heavy (non-hydrogen) atoms. The van der Waals surface area contributed by atoms with Crippen molar-refractivity contribution >= 4 is 69.3 Å². The van der Waals surface area contributed by atoms with Crippen LogP contribution in [-0.2, 0) is 0 Å². The van der Waals surface area contributed by atoms with E-state index in [4.69, 9.17) is 52.2 Å². The average molecular weight is 475 g/mol. The lowest BCUT2D eigenvalue weighted by Gasteiger charge is -2.14. The van der Waals surface area contributed by atoms with Crippen molar-refractivity contribution in [2.24, 2.45) is 5.84 Å². The second-order valence-electron chi connectivity index (χ2n) is 5.93. The highest BCUT2D eigenvalue weighted by molar-refractivity contribution is 6.69. The first-order valence-electron chi connectivity index (χ1n) is 7.35. The number of nitrogens with one attached hydrogen (secondary N) is 1. The van der Waals surface area contributed by atoms with Crippen LogP contribution in [0.1, 0.15) is 41.5 Å². The molecule has 4 nitrogen and oxygen atoms in total. The molecule has 0 spiro atoms. The molecule has 0 aliphatic heterocycles. The molecule has 9 heteroatoms. The van der Waals surface area contributed by atoms with Crippen molar-refractivity contribution in [2.45, 2.75) is 26.3 Å². The predicted octanol–water partition coefficient (Wildman–Crippen LogP) is 6.11. The van der Waals surface area contributed by atoms with Crippen LogP contribution in [0.3, 0.4) is 0 Å². The lowest BCUT2D eigenvalue weighted by Crippen LogP contribution is -2.41. The normalized spacial score (nSPS) is 9.63. The lowest BCUT2D eigenvalue weighted by molar-refractivity contribution is 0.107. The minimum atomic E-state index is -0.577. The number of carbonyl (C=O) groups is 2. The monoisotopic (exact) mass is 472 g/mol. The summed E-state index contributed by atoms with van der Waals surface area (Å²) < 4.78 is 0. The maximum absolute atomic E-state index is 10.6. The van der Waals surface area contributed by atoms with Crippen LogP contribution in [0.4, 0.5) is 0 Å². The van der Waals surface area contributed by atoms with Gasteiger partial charge in [-0.15, -0.1) is 12.4 Å². The minimum Gasteiger partial charge on any atom is -0.276 e. The molecule has 0 heterocycles. The van der Waals surface area contributed by atoms with E-state index in [0.717, 1.165) is 0 Å². The second-order valence-corrected chi connectivity index (χ2v) is 7.46. The van der Waals surface area contributed by atoms with Crippen molar-refractivity contribution in [1.82, 2.24) is 5.43 Å². The Kier molecular flexibility index (Phi) is 14.9. The summed E-state index contributed by atoms with van der Waals surface area (Å²) in [4.78, 5) is 21.0. The Labute approximate surface area is 185 Å². The molecule has 0 bridgehead atoms. The van der Waals surface area contributed by atoms with Gasteiger partial charge in [-0.2, -0.15) is 0 Å². The molecule has 0 radical (unpaired) electrons. The summed E-state index contributed by atoms with van der Waals surface area (Å²) in [6, 6.07) is 13.3. The molecule has 0 fully saturated rings. The minimum absolute atomic E-state index is 0. The van der Waals surface area contributed by atoms with E-state index in [0.29, 0.717) is 10.6 Å². The van der Waals surface area contributed by atoms with Gasteiger partial charge in [-0.1, -0.05) is 53.5 Å². The third kappa shape index (κ3) is 13.9. The Bertz CT molecular complexity index is 719. The van der Waals surface area contributed by atoms with Crippen LogP contribution in [0.25, 0.3) is 0 Å². The standard InChI is InChI=1S/C7H3Cl3O.C7H5ClO.C4H12N2.ClH/c8-4-1-2-5(7(10)11)6(9)3-4;8-7(9)6-4-2-1-3-5-6;1-4(2,3)6-5;/h1-3H;1-5H;6H,5H2,1-3H3;1H. The molecule has 2 rings (SSSR count). The summed E-state index contributed by atoms with van der Waals surface area (Å²) in [5.41, 5.74) is 3.49. The van der Waals surface area contributed by atoms with Gasteiger partial charge in [-0.05, 0) is 62.2 Å². The van der Waals surface area contributed by atoms with Gasteiger partial charge in [0.2, 0.25) is 0 Å². The number of hydrazine groups is 1. The smallest absolute Gasteiger partial charge is 0.253 e. The topological polar surface area (TPSA) is 72.2 Å². The van der Waals surface area contributed by atoms with Gasteiger partial charge in [0.15, 0.2) is 0 Å². The van der Waals surface area contributed by atoms with Crippen molar-refractivity contribution in [3.63, 3.8) is 0 Å². The zero-order chi connectivity index (χ0) is 20.3. The highest BCUT2D eigenvalue weighted by atomic mass is 35.5. The molecule has 0 aromatic heterocycles. The zero-order valence-electron chi connectivity index (χ0n) is 14.9. The Hall–Kier alpha value is -0.850. The number of benzene rings is 2. The van der Waals surface area contributed by atoms with Crippen molar-refractivity contribution in [1.29, 1.82) is 0 Å². The van der Waals surface area contributed by atoms with Crippen LogP contribution in [0.15, 0.2) is 48.5 Å². The van der Waals surface area contributed by atoms with E-state index in [1.807, 2.05) is 26.8 Å². The molecule has 0 unspecified atom stereocenters. The van der Waals surface area contributed by atoms with Crippen molar-refractivity contribution in [2.75, 3.05) is 0 Å². The number of carbonyl (C=O) groups excluding carboxylic acids is 2. The summed E-state index contributed by atoms with van der Waals surface area (Å²) in [5, 5.41) is -0.226. The van der Waals surface area contributed by atoms with E-state index in [1.54, 1.807) is 30.3 Å². The molecule has 0 aliphatic rings. The number of hydrogen-bond donors (Lipinski definition) is 2. The highest BCUT2D eigenvalue weighted by Crippen LogP contribution is 2.21. The molecule has 0 amide bonds. The molecule has 0 saturated heterocycles. The molecular weight excluding hydrogens is 453 g/mol. The first-order chi connectivity index (χ1) is 12.0. The Morgan fingerprint density at radius 3 is 1.70 bits per heavy atom. The van der Waals surface area contributed by atoms with Crippen LogP contribution in [0.2, 0.25) is 10.0 Å². The first-order valence-corrected chi connectivity index (χ1v) is 8.86. The van der Waals surface area contributed by atoms with Gasteiger partial charge in [0.1, 0.15) is 0 Å². The summed E-state index contributed by atoms with van der Waals surface area (Å²) in [6.45, 7) is 6.02. The molecule has 0 atom stereocenters. The Morgan fingerprint density at radius 1 is 0.926 bits per heavy atom. The van der Waals surface area contributed by atoms with Gasteiger partial charge < -0.3 is 0 Å². The fraction of sp³-hybridized carbons (Fsp3) is 0.222.